The van der Waals surface area contributed by atoms with E-state index in [4.69, 9.17) is 31.7 Å². The fourth-order valence-electron chi connectivity index (χ4n) is 2.92. The third-order valence-corrected chi connectivity index (χ3v) is 4.87. The summed E-state index contributed by atoms with van der Waals surface area (Å²) in [5, 5.41) is 15.0. The van der Waals surface area contributed by atoms with Gasteiger partial charge in [-0.3, -0.25) is 4.90 Å². The molecule has 8 heteroatoms. The minimum atomic E-state index is -0.679. The molecule has 158 valence electrons. The van der Waals surface area contributed by atoms with Gasteiger partial charge in [-0.15, -0.1) is 6.42 Å². The smallest absolute Gasteiger partial charge is 0.228 e. The van der Waals surface area contributed by atoms with Gasteiger partial charge in [-0.05, 0) is 30.7 Å². The number of aromatic nitrogens is 2. The molecule has 30 heavy (non-hydrogen) atoms. The molecule has 0 bridgehead atoms. The molecule has 7 nitrogen and oxygen atoms in total. The van der Waals surface area contributed by atoms with Gasteiger partial charge in [0.15, 0.2) is 0 Å². The number of hydrogen-bond donors (Lipinski definition) is 1. The van der Waals surface area contributed by atoms with Gasteiger partial charge in [0.1, 0.15) is 12.4 Å². The standard InChI is InChI=1S/C22H24ClN3O4/c1-3-10-28-15-18(27)13-26(14-19-5-4-11-29-19)9-8-21-24-22(25-30-21)17-7-6-16(2)20(23)12-17/h1,4-7,11-12,18,27H,8-10,13-15H2,2H3/t18-/m1/s1. The molecule has 0 fully saturated rings. The molecule has 0 aliphatic rings. The molecule has 1 N–H and O–H groups in total. The molecule has 0 radical (unpaired) electrons. The molecule has 0 spiro atoms. The molecule has 0 aliphatic carbocycles. The summed E-state index contributed by atoms with van der Waals surface area (Å²) in [6, 6.07) is 9.37. The normalized spacial score (nSPS) is 12.2. The SMILES string of the molecule is C#CCOC[C@H](O)CN(CCc1nc(-c2ccc(C)c(Cl)c2)no1)Cc1ccco1. The van der Waals surface area contributed by atoms with Crippen molar-refractivity contribution in [3.63, 3.8) is 0 Å². The second kappa shape index (κ2) is 11.0. The van der Waals surface area contributed by atoms with Crippen LogP contribution in [0.4, 0.5) is 0 Å². The number of aryl methyl sites for hydroxylation is 1. The summed E-state index contributed by atoms with van der Waals surface area (Å²) in [4.78, 5) is 6.50. The number of nitrogens with zero attached hydrogens (tertiary/aromatic N) is 3. The number of terminal acetylenes is 1. The minimum Gasteiger partial charge on any atom is -0.468 e. The molecule has 0 saturated carbocycles. The van der Waals surface area contributed by atoms with Crippen LogP contribution in [0.15, 0.2) is 45.5 Å². The maximum Gasteiger partial charge on any atom is 0.228 e. The topological polar surface area (TPSA) is 84.8 Å². The van der Waals surface area contributed by atoms with Gasteiger partial charge in [0.2, 0.25) is 11.7 Å². The first-order valence-corrected chi connectivity index (χ1v) is 9.96. The van der Waals surface area contributed by atoms with Gasteiger partial charge in [-0.1, -0.05) is 34.8 Å². The average Bonchev–Trinajstić information content (AvgIpc) is 3.40. The molecule has 3 rings (SSSR count). The van der Waals surface area contributed by atoms with Crippen LogP contribution in [0.2, 0.25) is 5.02 Å². The van der Waals surface area contributed by atoms with E-state index in [2.05, 4.69) is 16.1 Å². The van der Waals surface area contributed by atoms with Crippen molar-refractivity contribution in [2.75, 3.05) is 26.3 Å². The van der Waals surface area contributed by atoms with Crippen LogP contribution in [-0.4, -0.2) is 52.6 Å². The average molecular weight is 430 g/mol. The predicted molar refractivity (Wildman–Crippen MR) is 113 cm³/mol. The Labute approximate surface area is 180 Å². The molecule has 1 atom stereocenters. The molecule has 2 aromatic heterocycles. The molecule has 1 aromatic carbocycles. The maximum atomic E-state index is 10.2. The highest BCUT2D eigenvalue weighted by Gasteiger charge is 2.16. The summed E-state index contributed by atoms with van der Waals surface area (Å²) < 4.78 is 16.1. The summed E-state index contributed by atoms with van der Waals surface area (Å²) in [5.41, 5.74) is 1.79. The Morgan fingerprint density at radius 2 is 2.23 bits per heavy atom. The van der Waals surface area contributed by atoms with Crippen molar-refractivity contribution in [2.24, 2.45) is 0 Å². The second-order valence-electron chi connectivity index (χ2n) is 6.91. The summed E-state index contributed by atoms with van der Waals surface area (Å²) in [6.07, 6.45) is 6.63. The van der Waals surface area contributed by atoms with E-state index in [-0.39, 0.29) is 13.2 Å². The van der Waals surface area contributed by atoms with Crippen LogP contribution in [0.3, 0.4) is 0 Å². The number of furan rings is 1. The predicted octanol–water partition coefficient (Wildman–Crippen LogP) is 3.35. The lowest BCUT2D eigenvalue weighted by Crippen LogP contribution is -2.36. The van der Waals surface area contributed by atoms with Gasteiger partial charge in [-0.25, -0.2) is 0 Å². The highest BCUT2D eigenvalue weighted by Crippen LogP contribution is 2.23. The Balaban J connectivity index is 1.61. The van der Waals surface area contributed by atoms with Crippen LogP contribution >= 0.6 is 11.6 Å². The molecular weight excluding hydrogens is 406 g/mol. The van der Waals surface area contributed by atoms with E-state index < -0.39 is 6.10 Å². The van der Waals surface area contributed by atoms with Crippen LogP contribution < -0.4 is 0 Å². The van der Waals surface area contributed by atoms with Crippen molar-refractivity contribution in [3.8, 4) is 23.7 Å². The molecule has 0 unspecified atom stereocenters. The Hall–Kier alpha value is -2.63. The number of aliphatic hydroxyl groups excluding tert-OH is 1. The van der Waals surface area contributed by atoms with E-state index >= 15 is 0 Å². The molecule has 0 amide bonds. The number of benzene rings is 1. The Morgan fingerprint density at radius 1 is 1.37 bits per heavy atom. The maximum absolute atomic E-state index is 10.2. The van der Waals surface area contributed by atoms with Crippen LogP contribution in [0, 0.1) is 19.3 Å². The van der Waals surface area contributed by atoms with E-state index in [1.807, 2.05) is 42.2 Å². The highest BCUT2D eigenvalue weighted by molar-refractivity contribution is 6.31. The summed E-state index contributed by atoms with van der Waals surface area (Å²) in [6.45, 7) is 3.78. The van der Waals surface area contributed by atoms with E-state index in [1.165, 1.54) is 0 Å². The lowest BCUT2D eigenvalue weighted by atomic mass is 10.1. The van der Waals surface area contributed by atoms with Crippen LogP contribution in [0.1, 0.15) is 17.2 Å². The largest absolute Gasteiger partial charge is 0.468 e. The molecule has 3 aromatic rings. The van der Waals surface area contributed by atoms with Crippen LogP contribution in [0.25, 0.3) is 11.4 Å². The fraction of sp³-hybridized carbons (Fsp3) is 0.364. The first-order chi connectivity index (χ1) is 14.5. The third-order valence-electron chi connectivity index (χ3n) is 4.46. The van der Waals surface area contributed by atoms with Crippen molar-refractivity contribution in [2.45, 2.75) is 26.0 Å². The van der Waals surface area contributed by atoms with Gasteiger partial charge in [0.05, 0.1) is 25.5 Å². The first-order valence-electron chi connectivity index (χ1n) is 9.58. The zero-order valence-corrected chi connectivity index (χ0v) is 17.5. The van der Waals surface area contributed by atoms with Gasteiger partial charge in [-0.2, -0.15) is 4.98 Å². The van der Waals surface area contributed by atoms with Gasteiger partial charge in [0, 0.05) is 30.1 Å². The second-order valence-corrected chi connectivity index (χ2v) is 7.32. The Morgan fingerprint density at radius 3 is 2.97 bits per heavy atom. The van der Waals surface area contributed by atoms with Crippen molar-refractivity contribution in [3.05, 3.63) is 58.8 Å². The summed E-state index contributed by atoms with van der Waals surface area (Å²) in [5.74, 6) is 4.18. The van der Waals surface area contributed by atoms with Gasteiger partial charge >= 0.3 is 0 Å². The number of aliphatic hydroxyl groups is 1. The van der Waals surface area contributed by atoms with E-state index in [0.717, 1.165) is 16.9 Å². The zero-order chi connectivity index (χ0) is 21.3. The first kappa shape index (κ1) is 22.1. The quantitative estimate of drug-likeness (QED) is 0.369. The summed E-state index contributed by atoms with van der Waals surface area (Å²) in [7, 11) is 0. The molecule has 0 saturated heterocycles. The molecule has 2 heterocycles. The number of hydrogen-bond acceptors (Lipinski definition) is 7. The van der Waals surface area contributed by atoms with E-state index in [1.54, 1.807) is 6.26 Å². The third kappa shape index (κ3) is 6.44. The van der Waals surface area contributed by atoms with Crippen molar-refractivity contribution in [1.82, 2.24) is 15.0 Å². The highest BCUT2D eigenvalue weighted by atomic mass is 35.5. The number of halogens is 1. The molecular formula is C22H24ClN3O4. The van der Waals surface area contributed by atoms with Crippen LogP contribution in [-0.2, 0) is 17.7 Å². The lowest BCUT2D eigenvalue weighted by molar-refractivity contribution is 0.0247. The molecule has 0 aliphatic heterocycles. The van der Waals surface area contributed by atoms with Crippen molar-refractivity contribution < 1.29 is 18.8 Å². The zero-order valence-electron chi connectivity index (χ0n) is 16.8. The minimum absolute atomic E-state index is 0.164. The van der Waals surface area contributed by atoms with Crippen molar-refractivity contribution >= 4 is 11.6 Å². The summed E-state index contributed by atoms with van der Waals surface area (Å²) >= 11 is 6.19. The monoisotopic (exact) mass is 429 g/mol. The van der Waals surface area contributed by atoms with E-state index in [0.29, 0.717) is 42.8 Å². The number of rotatable bonds is 11. The Bertz CT molecular complexity index is 965. The lowest BCUT2D eigenvalue weighted by Gasteiger charge is -2.23. The van der Waals surface area contributed by atoms with E-state index in [9.17, 15) is 5.11 Å². The van der Waals surface area contributed by atoms with Gasteiger partial charge in [0.25, 0.3) is 0 Å². The van der Waals surface area contributed by atoms with Crippen LogP contribution in [0.5, 0.6) is 0 Å². The Kier molecular flexibility index (Phi) is 8.05. The van der Waals surface area contributed by atoms with Gasteiger partial charge < -0.3 is 18.8 Å². The van der Waals surface area contributed by atoms with Crippen molar-refractivity contribution in [1.29, 1.82) is 0 Å². The number of ether oxygens (including phenoxy) is 1. The fourth-order valence-corrected chi connectivity index (χ4v) is 3.10.